The van der Waals surface area contributed by atoms with Crippen LogP contribution in [0.2, 0.25) is 0 Å². The Morgan fingerprint density at radius 2 is 1.90 bits per heavy atom. The lowest BCUT2D eigenvalue weighted by Crippen LogP contribution is -2.57. The van der Waals surface area contributed by atoms with Gasteiger partial charge in [-0.2, -0.15) is 4.52 Å². The second-order valence-electron chi connectivity index (χ2n) is 10.7. The molecular weight excluding hydrogens is 410 g/mol. The van der Waals surface area contributed by atoms with Gasteiger partial charge in [-0.15, -0.1) is 5.10 Å². The lowest BCUT2D eigenvalue weighted by Gasteiger charge is -2.59. The topological polar surface area (TPSA) is 79.6 Å². The quantitative estimate of drug-likeness (QED) is 0.788. The Hall–Kier alpha value is -1.96. The van der Waals surface area contributed by atoms with Crippen LogP contribution in [-0.4, -0.2) is 39.1 Å². The fraction of sp³-hybridized carbons (Fsp3) is 0.739. The van der Waals surface area contributed by atoms with E-state index >= 15 is 0 Å². The summed E-state index contributed by atoms with van der Waals surface area (Å²) in [7, 11) is 0. The summed E-state index contributed by atoms with van der Waals surface area (Å²) in [6.07, 6.45) is 9.92. The normalized spacial score (nSPS) is 35.1. The zero-order valence-corrected chi connectivity index (χ0v) is 19.2. The van der Waals surface area contributed by atoms with E-state index in [1.54, 1.807) is 0 Å². The lowest BCUT2D eigenvalue weighted by atomic mass is 9.48. The molecule has 3 heterocycles. The van der Waals surface area contributed by atoms with Crippen LogP contribution in [0.15, 0.2) is 10.9 Å². The van der Waals surface area contributed by atoms with Crippen molar-refractivity contribution >= 4 is 27.3 Å². The van der Waals surface area contributed by atoms with Crippen molar-refractivity contribution in [2.75, 3.05) is 11.4 Å². The Bertz CT molecular complexity index is 1060. The standard InChI is InChI=1S/C23H31N5O2S/c1-13-6-19(29)28-21(24-13)31-22(26-28)27-5-3-4-18(27)20(30)25-14(2)23-10-15-7-16(11-23)9-17(8-15)12-23/h6,14-18H,3-5,7-12H2,1-2H3,(H,25,30). The number of hydrogen-bond donors (Lipinski definition) is 1. The molecule has 31 heavy (non-hydrogen) atoms. The number of amides is 1. The molecule has 1 saturated heterocycles. The Kier molecular flexibility index (Phi) is 4.46. The smallest absolute Gasteiger partial charge is 0.275 e. The van der Waals surface area contributed by atoms with Crippen LogP contribution >= 0.6 is 11.3 Å². The Labute approximate surface area is 186 Å². The molecule has 4 aliphatic carbocycles. The predicted octanol–water partition coefficient (Wildman–Crippen LogP) is 3.15. The predicted molar refractivity (Wildman–Crippen MR) is 120 cm³/mol. The van der Waals surface area contributed by atoms with Gasteiger partial charge in [-0.05, 0) is 88.4 Å². The zero-order chi connectivity index (χ0) is 21.3. The molecule has 1 N–H and O–H groups in total. The van der Waals surface area contributed by atoms with Crippen LogP contribution in [0, 0.1) is 30.1 Å². The van der Waals surface area contributed by atoms with Crippen molar-refractivity contribution in [3.63, 3.8) is 0 Å². The number of fused-ring (bicyclic) bond motifs is 1. The molecule has 0 radical (unpaired) electrons. The number of hydrogen-bond acceptors (Lipinski definition) is 6. The van der Waals surface area contributed by atoms with Crippen molar-refractivity contribution in [3.05, 3.63) is 22.1 Å². The molecule has 2 atom stereocenters. The number of carbonyl (C=O) groups excluding carboxylic acids is 1. The van der Waals surface area contributed by atoms with Gasteiger partial charge in [0, 0.05) is 24.3 Å². The molecule has 7 rings (SSSR count). The van der Waals surface area contributed by atoms with Crippen LogP contribution in [0.1, 0.15) is 64.0 Å². The summed E-state index contributed by atoms with van der Waals surface area (Å²) in [5, 5.41) is 8.67. The maximum Gasteiger partial charge on any atom is 0.275 e. The van der Waals surface area contributed by atoms with E-state index in [1.807, 2.05) is 6.92 Å². The molecule has 5 fully saturated rings. The molecule has 166 valence electrons. The van der Waals surface area contributed by atoms with Gasteiger partial charge in [0.1, 0.15) is 6.04 Å². The van der Waals surface area contributed by atoms with E-state index in [-0.39, 0.29) is 23.6 Å². The van der Waals surface area contributed by atoms with Crippen LogP contribution in [0.3, 0.4) is 0 Å². The van der Waals surface area contributed by atoms with Gasteiger partial charge < -0.3 is 10.2 Å². The SMILES string of the molecule is Cc1cc(=O)n2nc(N3CCCC3C(=O)NC(C)C34CC5CC(CC(C5)C3)C4)sc2n1. The van der Waals surface area contributed by atoms with Crippen molar-refractivity contribution in [1.82, 2.24) is 19.9 Å². The number of aromatic nitrogens is 3. The molecule has 0 spiro atoms. The molecule has 0 aromatic carbocycles. The number of carbonyl (C=O) groups is 1. The average molecular weight is 442 g/mol. The van der Waals surface area contributed by atoms with Crippen LogP contribution < -0.4 is 15.8 Å². The Morgan fingerprint density at radius 1 is 1.23 bits per heavy atom. The van der Waals surface area contributed by atoms with Gasteiger partial charge in [-0.3, -0.25) is 9.59 Å². The number of nitrogens with zero attached hydrogens (tertiary/aromatic N) is 4. The molecule has 5 aliphatic rings. The molecule has 4 bridgehead atoms. The first-order valence-corrected chi connectivity index (χ1v) is 12.7. The third-order valence-electron chi connectivity index (χ3n) is 8.53. The minimum atomic E-state index is -0.214. The van der Waals surface area contributed by atoms with Crippen LogP contribution in [-0.2, 0) is 4.79 Å². The van der Waals surface area contributed by atoms with Gasteiger partial charge in [-0.25, -0.2) is 4.98 Å². The fourth-order valence-electron chi connectivity index (χ4n) is 7.47. The van der Waals surface area contributed by atoms with E-state index in [0.717, 1.165) is 42.3 Å². The molecule has 2 aromatic rings. The van der Waals surface area contributed by atoms with Gasteiger partial charge in [-0.1, -0.05) is 11.3 Å². The van der Waals surface area contributed by atoms with Crippen molar-refractivity contribution in [2.45, 2.75) is 77.3 Å². The van der Waals surface area contributed by atoms with E-state index in [9.17, 15) is 9.59 Å². The fourth-order valence-corrected chi connectivity index (χ4v) is 8.49. The highest BCUT2D eigenvalue weighted by Gasteiger charge is 2.53. The highest BCUT2D eigenvalue weighted by molar-refractivity contribution is 7.20. The summed E-state index contributed by atoms with van der Waals surface area (Å²) in [5.74, 6) is 2.76. The van der Waals surface area contributed by atoms with Crippen LogP contribution in [0.25, 0.3) is 4.96 Å². The molecule has 1 aliphatic heterocycles. The van der Waals surface area contributed by atoms with E-state index in [1.165, 1.54) is 60.4 Å². The third-order valence-corrected chi connectivity index (χ3v) is 9.47. The monoisotopic (exact) mass is 441 g/mol. The summed E-state index contributed by atoms with van der Waals surface area (Å²) in [6, 6.07) is 1.50. The van der Waals surface area contributed by atoms with Gasteiger partial charge >= 0.3 is 0 Å². The van der Waals surface area contributed by atoms with E-state index in [0.29, 0.717) is 16.1 Å². The van der Waals surface area contributed by atoms with E-state index in [2.05, 4.69) is 27.2 Å². The molecule has 7 nitrogen and oxygen atoms in total. The van der Waals surface area contributed by atoms with Gasteiger partial charge in [0.2, 0.25) is 16.0 Å². The molecule has 1 amide bonds. The van der Waals surface area contributed by atoms with Crippen molar-refractivity contribution in [3.8, 4) is 0 Å². The summed E-state index contributed by atoms with van der Waals surface area (Å²) in [4.78, 5) is 32.8. The van der Waals surface area contributed by atoms with Gasteiger partial charge in [0.05, 0.1) is 0 Å². The number of rotatable bonds is 4. The summed E-state index contributed by atoms with van der Waals surface area (Å²) >= 11 is 1.40. The first-order valence-electron chi connectivity index (χ1n) is 11.8. The van der Waals surface area contributed by atoms with E-state index in [4.69, 9.17) is 0 Å². The van der Waals surface area contributed by atoms with E-state index < -0.39 is 0 Å². The van der Waals surface area contributed by atoms with Crippen LogP contribution in [0.5, 0.6) is 0 Å². The third kappa shape index (κ3) is 3.20. The minimum Gasteiger partial charge on any atom is -0.351 e. The molecular formula is C23H31N5O2S. The van der Waals surface area contributed by atoms with Gasteiger partial charge in [0.25, 0.3) is 5.56 Å². The Balaban J connectivity index is 1.21. The summed E-state index contributed by atoms with van der Waals surface area (Å²) in [5.41, 5.74) is 0.833. The largest absolute Gasteiger partial charge is 0.351 e. The highest BCUT2D eigenvalue weighted by atomic mass is 32.1. The van der Waals surface area contributed by atoms with Crippen LogP contribution in [0.4, 0.5) is 5.13 Å². The average Bonchev–Trinajstić information content (AvgIpc) is 3.33. The minimum absolute atomic E-state index is 0.122. The van der Waals surface area contributed by atoms with Crippen molar-refractivity contribution in [1.29, 1.82) is 0 Å². The molecule has 2 unspecified atom stereocenters. The number of nitrogens with one attached hydrogen (secondary N) is 1. The summed E-state index contributed by atoms with van der Waals surface area (Å²) < 4.78 is 1.36. The van der Waals surface area contributed by atoms with Crippen molar-refractivity contribution in [2.24, 2.45) is 23.2 Å². The van der Waals surface area contributed by atoms with Crippen molar-refractivity contribution < 1.29 is 4.79 Å². The maximum atomic E-state index is 13.4. The first kappa shape index (κ1) is 19.7. The first-order chi connectivity index (χ1) is 14.9. The number of anilines is 1. The maximum absolute atomic E-state index is 13.4. The molecule has 2 aromatic heterocycles. The summed E-state index contributed by atoms with van der Waals surface area (Å²) in [6.45, 7) is 4.85. The second-order valence-corrected chi connectivity index (χ2v) is 11.6. The zero-order valence-electron chi connectivity index (χ0n) is 18.3. The highest BCUT2D eigenvalue weighted by Crippen LogP contribution is 2.61. The second kappa shape index (κ2) is 7.02. The molecule has 8 heteroatoms. The molecule has 4 saturated carbocycles. The lowest BCUT2D eigenvalue weighted by molar-refractivity contribution is -0.127. The van der Waals surface area contributed by atoms with Gasteiger partial charge in [0.15, 0.2) is 0 Å². The Morgan fingerprint density at radius 3 is 2.58 bits per heavy atom. The number of aryl methyl sites for hydroxylation is 1.